The molecule has 2 aliphatic rings. The van der Waals surface area contributed by atoms with Crippen molar-refractivity contribution in [3.05, 3.63) is 0 Å². The number of hydrogen-bond donors (Lipinski definition) is 2. The van der Waals surface area contributed by atoms with E-state index in [0.717, 1.165) is 58.3 Å². The lowest BCUT2D eigenvalue weighted by Crippen LogP contribution is -2.39. The highest BCUT2D eigenvalue weighted by Gasteiger charge is 2.31. The van der Waals surface area contributed by atoms with E-state index in [1.54, 1.807) is 0 Å². The Bertz CT molecular complexity index is 345. The molecule has 0 aromatic carbocycles. The molecule has 0 spiro atoms. The van der Waals surface area contributed by atoms with Crippen molar-refractivity contribution in [2.75, 3.05) is 45.9 Å². The smallest absolute Gasteiger partial charge is 0.188 e. The topological polar surface area (TPSA) is 62.9 Å². The molecule has 0 bridgehead atoms. The Labute approximate surface area is 135 Å². The normalized spacial score (nSPS) is 22.2. The third-order valence-electron chi connectivity index (χ3n) is 5.18. The molecule has 5 heteroatoms. The summed E-state index contributed by atoms with van der Waals surface area (Å²) in [4.78, 5) is 7.02. The predicted molar refractivity (Wildman–Crippen MR) is 92.1 cm³/mol. The Morgan fingerprint density at radius 2 is 1.95 bits per heavy atom. The minimum atomic E-state index is 0.274. The van der Waals surface area contributed by atoms with Gasteiger partial charge in [-0.2, -0.15) is 0 Å². The van der Waals surface area contributed by atoms with Crippen LogP contribution in [0.1, 0.15) is 46.0 Å². The molecule has 1 saturated carbocycles. The maximum absolute atomic E-state index is 6.00. The van der Waals surface area contributed by atoms with Gasteiger partial charge >= 0.3 is 0 Å². The number of morpholine rings is 1. The average Bonchev–Trinajstić information content (AvgIpc) is 3.06. The van der Waals surface area contributed by atoms with E-state index in [1.165, 1.54) is 25.7 Å². The monoisotopic (exact) mass is 310 g/mol. The molecule has 1 saturated heterocycles. The summed E-state index contributed by atoms with van der Waals surface area (Å²) in [5.41, 5.74) is 6.28. The molecule has 3 N–H and O–H groups in total. The van der Waals surface area contributed by atoms with E-state index in [4.69, 9.17) is 10.5 Å². The summed E-state index contributed by atoms with van der Waals surface area (Å²) in [6.07, 6.45) is 6.58. The van der Waals surface area contributed by atoms with E-state index in [2.05, 4.69) is 29.1 Å². The molecule has 0 amide bonds. The molecular formula is C17H34N4O. The van der Waals surface area contributed by atoms with Crippen molar-refractivity contribution < 1.29 is 4.74 Å². The number of nitrogens with two attached hydrogens (primary N) is 1. The van der Waals surface area contributed by atoms with Crippen LogP contribution < -0.4 is 11.1 Å². The second-order valence-electron chi connectivity index (χ2n) is 7.41. The highest BCUT2D eigenvalue weighted by molar-refractivity contribution is 5.77. The molecule has 128 valence electrons. The van der Waals surface area contributed by atoms with Gasteiger partial charge in [0, 0.05) is 26.2 Å². The van der Waals surface area contributed by atoms with Crippen molar-refractivity contribution in [1.29, 1.82) is 0 Å². The number of nitrogens with zero attached hydrogens (tertiary/aromatic N) is 2. The summed E-state index contributed by atoms with van der Waals surface area (Å²) in [5, 5.41) is 3.26. The van der Waals surface area contributed by atoms with Crippen molar-refractivity contribution in [3.63, 3.8) is 0 Å². The fraction of sp³-hybridized carbons (Fsp3) is 0.941. The maximum Gasteiger partial charge on any atom is 0.188 e. The Kier molecular flexibility index (Phi) is 6.96. The van der Waals surface area contributed by atoms with Gasteiger partial charge in [-0.25, -0.2) is 0 Å². The van der Waals surface area contributed by atoms with E-state index in [9.17, 15) is 0 Å². The van der Waals surface area contributed by atoms with E-state index >= 15 is 0 Å². The van der Waals surface area contributed by atoms with Crippen molar-refractivity contribution in [2.45, 2.75) is 46.0 Å². The molecule has 2 rings (SSSR count). The van der Waals surface area contributed by atoms with Crippen LogP contribution in [0.4, 0.5) is 0 Å². The van der Waals surface area contributed by atoms with Gasteiger partial charge in [-0.1, -0.05) is 26.7 Å². The average molecular weight is 310 g/mol. The first-order chi connectivity index (χ1) is 10.6. The van der Waals surface area contributed by atoms with Crippen LogP contribution in [0, 0.1) is 11.3 Å². The van der Waals surface area contributed by atoms with Crippen LogP contribution in [0.5, 0.6) is 0 Å². The molecule has 0 atom stereocenters. The molecule has 22 heavy (non-hydrogen) atoms. The fourth-order valence-electron chi connectivity index (χ4n) is 3.53. The fourth-order valence-corrected chi connectivity index (χ4v) is 3.53. The van der Waals surface area contributed by atoms with Gasteiger partial charge in [0.15, 0.2) is 5.96 Å². The highest BCUT2D eigenvalue weighted by atomic mass is 16.5. The van der Waals surface area contributed by atoms with Crippen LogP contribution >= 0.6 is 0 Å². The number of ether oxygens (including phenoxy) is 1. The van der Waals surface area contributed by atoms with E-state index in [0.29, 0.717) is 5.96 Å². The van der Waals surface area contributed by atoms with Crippen LogP contribution in [0.2, 0.25) is 0 Å². The first-order valence-corrected chi connectivity index (χ1v) is 8.92. The van der Waals surface area contributed by atoms with E-state index in [1.807, 2.05) is 0 Å². The second kappa shape index (κ2) is 8.73. The minimum absolute atomic E-state index is 0.274. The quantitative estimate of drug-likeness (QED) is 0.428. The predicted octanol–water partition coefficient (Wildman–Crippen LogP) is 1.83. The van der Waals surface area contributed by atoms with Crippen LogP contribution in [-0.2, 0) is 4.74 Å². The molecule has 2 fully saturated rings. The first-order valence-electron chi connectivity index (χ1n) is 8.92. The SMILES string of the molecule is CC(C)(CN=C(N)NCCCN1CCOCC1)C1CCCC1. The molecule has 1 aliphatic carbocycles. The molecular weight excluding hydrogens is 276 g/mol. The van der Waals surface area contributed by atoms with Crippen LogP contribution in [-0.4, -0.2) is 56.8 Å². The first kappa shape index (κ1) is 17.5. The van der Waals surface area contributed by atoms with Crippen LogP contribution in [0.15, 0.2) is 4.99 Å². The number of guanidine groups is 1. The standard InChI is InChI=1S/C17H34N4O/c1-17(2,15-6-3-4-7-15)14-20-16(18)19-8-5-9-21-10-12-22-13-11-21/h15H,3-14H2,1-2H3,(H3,18,19,20). The van der Waals surface area contributed by atoms with Gasteiger partial charge in [-0.05, 0) is 37.1 Å². The lowest BCUT2D eigenvalue weighted by atomic mass is 9.78. The van der Waals surface area contributed by atoms with Gasteiger partial charge in [0.2, 0.25) is 0 Å². The summed E-state index contributed by atoms with van der Waals surface area (Å²) in [5.74, 6) is 1.42. The zero-order chi connectivity index (χ0) is 15.8. The third-order valence-corrected chi connectivity index (χ3v) is 5.18. The molecule has 0 aromatic rings. The Morgan fingerprint density at radius 1 is 1.27 bits per heavy atom. The highest BCUT2D eigenvalue weighted by Crippen LogP contribution is 2.39. The van der Waals surface area contributed by atoms with Gasteiger partial charge in [-0.15, -0.1) is 0 Å². The molecule has 1 aliphatic heterocycles. The number of rotatable bonds is 7. The van der Waals surface area contributed by atoms with Crippen molar-refractivity contribution >= 4 is 5.96 Å². The zero-order valence-corrected chi connectivity index (χ0v) is 14.4. The third kappa shape index (κ3) is 5.76. The van der Waals surface area contributed by atoms with Gasteiger partial charge in [0.25, 0.3) is 0 Å². The Balaban J connectivity index is 1.60. The van der Waals surface area contributed by atoms with Crippen molar-refractivity contribution in [3.8, 4) is 0 Å². The largest absolute Gasteiger partial charge is 0.379 e. The summed E-state index contributed by atoms with van der Waals surface area (Å²) in [6, 6.07) is 0. The summed E-state index contributed by atoms with van der Waals surface area (Å²) < 4.78 is 5.35. The van der Waals surface area contributed by atoms with Crippen molar-refractivity contribution in [1.82, 2.24) is 10.2 Å². The van der Waals surface area contributed by atoms with Gasteiger partial charge < -0.3 is 15.8 Å². The van der Waals surface area contributed by atoms with E-state index < -0.39 is 0 Å². The summed E-state index contributed by atoms with van der Waals surface area (Å²) in [7, 11) is 0. The molecule has 5 nitrogen and oxygen atoms in total. The minimum Gasteiger partial charge on any atom is -0.379 e. The second-order valence-corrected chi connectivity index (χ2v) is 7.41. The lowest BCUT2D eigenvalue weighted by molar-refractivity contribution is 0.0376. The Morgan fingerprint density at radius 3 is 2.64 bits per heavy atom. The molecule has 0 aromatic heterocycles. The lowest BCUT2D eigenvalue weighted by Gasteiger charge is -2.30. The maximum atomic E-state index is 6.00. The molecule has 1 heterocycles. The van der Waals surface area contributed by atoms with E-state index in [-0.39, 0.29) is 5.41 Å². The molecule has 0 radical (unpaired) electrons. The van der Waals surface area contributed by atoms with Crippen LogP contribution in [0.3, 0.4) is 0 Å². The van der Waals surface area contributed by atoms with Crippen molar-refractivity contribution in [2.24, 2.45) is 22.1 Å². The Hall–Kier alpha value is -0.810. The van der Waals surface area contributed by atoms with Gasteiger partial charge in [0.1, 0.15) is 0 Å². The van der Waals surface area contributed by atoms with Crippen LogP contribution in [0.25, 0.3) is 0 Å². The number of nitrogens with one attached hydrogen (secondary N) is 1. The number of aliphatic imine (C=N–C) groups is 1. The van der Waals surface area contributed by atoms with Gasteiger partial charge in [-0.3, -0.25) is 9.89 Å². The zero-order valence-electron chi connectivity index (χ0n) is 14.4. The summed E-state index contributed by atoms with van der Waals surface area (Å²) >= 11 is 0. The summed E-state index contributed by atoms with van der Waals surface area (Å²) in [6.45, 7) is 11.4. The molecule has 0 unspecified atom stereocenters. The van der Waals surface area contributed by atoms with Gasteiger partial charge in [0.05, 0.1) is 13.2 Å². The number of hydrogen-bond acceptors (Lipinski definition) is 3.